The van der Waals surface area contributed by atoms with Crippen molar-refractivity contribution in [3.63, 3.8) is 0 Å². The van der Waals surface area contributed by atoms with Gasteiger partial charge in [0, 0.05) is 18.3 Å². The second-order valence-electron chi connectivity index (χ2n) is 4.35. The zero-order chi connectivity index (χ0) is 15.9. The van der Waals surface area contributed by atoms with Crippen molar-refractivity contribution in [1.82, 2.24) is 10.3 Å². The lowest BCUT2D eigenvalue weighted by Crippen LogP contribution is -2.27. The average Bonchev–Trinajstić information content (AvgIpc) is 3.07. The van der Waals surface area contributed by atoms with Crippen LogP contribution in [0, 0.1) is 0 Å². The molecule has 0 saturated heterocycles. The molecule has 0 saturated carbocycles. The fourth-order valence-corrected chi connectivity index (χ4v) is 2.76. The van der Waals surface area contributed by atoms with Crippen LogP contribution in [-0.2, 0) is 11.2 Å². The van der Waals surface area contributed by atoms with Crippen molar-refractivity contribution in [2.45, 2.75) is 6.42 Å². The summed E-state index contributed by atoms with van der Waals surface area (Å²) in [5.41, 5.74) is 11.3. The topological polar surface area (TPSA) is 120 Å². The van der Waals surface area contributed by atoms with Crippen molar-refractivity contribution in [1.29, 1.82) is 0 Å². The van der Waals surface area contributed by atoms with Crippen molar-refractivity contribution in [2.24, 2.45) is 16.5 Å². The van der Waals surface area contributed by atoms with Crippen molar-refractivity contribution >= 4 is 40.1 Å². The molecule has 0 aliphatic carbocycles. The fraction of sp³-hybridized carbons (Fsp3) is 0.308. The first-order valence-electron chi connectivity index (χ1n) is 6.48. The molecule has 0 aromatic carbocycles. The predicted molar refractivity (Wildman–Crippen MR) is 90.4 cm³/mol. The van der Waals surface area contributed by atoms with Crippen LogP contribution in [-0.4, -0.2) is 35.4 Å². The lowest BCUT2D eigenvalue weighted by molar-refractivity contribution is -0.118. The third-order valence-electron chi connectivity index (χ3n) is 2.60. The van der Waals surface area contributed by atoms with E-state index in [0.717, 1.165) is 5.76 Å². The number of guanidine groups is 1. The number of nitrogens with two attached hydrogens (primary N) is 2. The van der Waals surface area contributed by atoms with E-state index in [0.29, 0.717) is 35.3 Å². The lowest BCUT2D eigenvalue weighted by atomic mass is 10.3. The highest BCUT2D eigenvalue weighted by Gasteiger charge is 2.09. The molecular weight excluding hydrogens is 322 g/mol. The van der Waals surface area contributed by atoms with Crippen molar-refractivity contribution in [3.05, 3.63) is 23.3 Å². The maximum Gasteiger partial charge on any atom is 0.229 e. The van der Waals surface area contributed by atoms with Crippen LogP contribution in [0.1, 0.15) is 5.76 Å². The third-order valence-corrected chi connectivity index (χ3v) is 3.89. The normalized spacial score (nSPS) is 10.4. The van der Waals surface area contributed by atoms with Crippen LogP contribution in [0.3, 0.4) is 0 Å². The number of aromatic nitrogens is 1. The second-order valence-corrected chi connectivity index (χ2v) is 6.05. The summed E-state index contributed by atoms with van der Waals surface area (Å²) in [5.74, 6) is 1.91. The molecule has 0 spiro atoms. The molecule has 0 aliphatic rings. The van der Waals surface area contributed by atoms with Crippen LogP contribution in [0.2, 0.25) is 0 Å². The van der Waals surface area contributed by atoms with Crippen molar-refractivity contribution < 1.29 is 9.21 Å². The highest BCUT2D eigenvalue weighted by molar-refractivity contribution is 7.99. The van der Waals surface area contributed by atoms with Gasteiger partial charge in [0.1, 0.15) is 11.5 Å². The highest BCUT2D eigenvalue weighted by Crippen LogP contribution is 2.28. The number of hydrogen-bond acceptors (Lipinski definition) is 6. The molecule has 0 atom stereocenters. The maximum absolute atomic E-state index is 11.3. The smallest absolute Gasteiger partial charge is 0.229 e. The molecule has 1 amide bonds. The Morgan fingerprint density at radius 3 is 3.05 bits per heavy atom. The molecule has 22 heavy (non-hydrogen) atoms. The van der Waals surface area contributed by atoms with Crippen LogP contribution in [0.5, 0.6) is 0 Å². The molecule has 0 fully saturated rings. The Morgan fingerprint density at radius 1 is 1.50 bits per heavy atom. The molecular formula is C13H17N5O2S2. The van der Waals surface area contributed by atoms with Gasteiger partial charge in [0.2, 0.25) is 11.0 Å². The fourth-order valence-electron chi connectivity index (χ4n) is 1.70. The van der Waals surface area contributed by atoms with Crippen LogP contribution in [0.4, 0.5) is 5.13 Å². The Labute approximate surface area is 136 Å². The summed E-state index contributed by atoms with van der Waals surface area (Å²) in [6, 6.07) is 3.71. The van der Waals surface area contributed by atoms with Crippen LogP contribution in [0.25, 0.3) is 11.5 Å². The Hall–Kier alpha value is -2.00. The van der Waals surface area contributed by atoms with E-state index in [1.165, 1.54) is 23.1 Å². The van der Waals surface area contributed by atoms with Crippen LogP contribution >= 0.6 is 23.1 Å². The monoisotopic (exact) mass is 339 g/mol. The Balaban J connectivity index is 1.92. The number of rotatable bonds is 7. The summed E-state index contributed by atoms with van der Waals surface area (Å²) < 4.78 is 5.71. The van der Waals surface area contributed by atoms with Gasteiger partial charge in [-0.3, -0.25) is 4.79 Å². The lowest BCUT2D eigenvalue weighted by Gasteiger charge is -2.01. The molecule has 0 unspecified atom stereocenters. The van der Waals surface area contributed by atoms with Gasteiger partial charge < -0.3 is 21.2 Å². The molecule has 2 aromatic rings. The Bertz CT molecular complexity index is 661. The molecule has 0 aliphatic heterocycles. The van der Waals surface area contributed by atoms with E-state index >= 15 is 0 Å². The van der Waals surface area contributed by atoms with Crippen LogP contribution < -0.4 is 16.8 Å². The van der Waals surface area contributed by atoms with Gasteiger partial charge in [0.05, 0.1) is 5.75 Å². The first-order valence-corrected chi connectivity index (χ1v) is 8.75. The molecule has 0 bridgehead atoms. The van der Waals surface area contributed by atoms with E-state index in [-0.39, 0.29) is 11.9 Å². The van der Waals surface area contributed by atoms with Gasteiger partial charge in [-0.1, -0.05) is 0 Å². The maximum atomic E-state index is 11.3. The number of thioether (sulfide) groups is 1. The van der Waals surface area contributed by atoms with Gasteiger partial charge in [-0.05, 0) is 18.4 Å². The summed E-state index contributed by atoms with van der Waals surface area (Å²) in [4.78, 5) is 19.5. The number of carbonyl (C=O) groups excluding carboxylic acids is 1. The molecule has 2 heterocycles. The van der Waals surface area contributed by atoms with E-state index in [4.69, 9.17) is 15.9 Å². The first kappa shape index (κ1) is 16.4. The zero-order valence-electron chi connectivity index (χ0n) is 12.0. The molecule has 9 heteroatoms. The van der Waals surface area contributed by atoms with E-state index in [9.17, 15) is 4.79 Å². The summed E-state index contributed by atoms with van der Waals surface area (Å²) in [6.45, 7) is 0.544. The highest BCUT2D eigenvalue weighted by atomic mass is 32.2. The Morgan fingerprint density at radius 2 is 2.32 bits per heavy atom. The average molecular weight is 339 g/mol. The third kappa shape index (κ3) is 4.78. The predicted octanol–water partition coefficient (Wildman–Crippen LogP) is 1.33. The van der Waals surface area contributed by atoms with Gasteiger partial charge in [-0.15, -0.1) is 11.3 Å². The molecule has 2 rings (SSSR count). The van der Waals surface area contributed by atoms with Crippen LogP contribution in [0.15, 0.2) is 26.9 Å². The number of carbonyl (C=O) groups is 1. The largest absolute Gasteiger partial charge is 0.459 e. The zero-order valence-corrected chi connectivity index (χ0v) is 13.7. The van der Waals surface area contributed by atoms with Gasteiger partial charge >= 0.3 is 0 Å². The molecule has 0 radical (unpaired) electrons. The summed E-state index contributed by atoms with van der Waals surface area (Å²) in [7, 11) is 0. The summed E-state index contributed by atoms with van der Waals surface area (Å²) >= 11 is 2.82. The molecule has 5 N–H and O–H groups in total. The van der Waals surface area contributed by atoms with E-state index < -0.39 is 0 Å². The molecule has 7 nitrogen and oxygen atoms in total. The first-order chi connectivity index (χ1) is 10.6. The number of nitrogens with zero attached hydrogens (tertiary/aromatic N) is 2. The standard InChI is InChI=1S/C13H17N5O2S2/c1-21-7-11(19)16-5-4-8-2-3-10(20-8)9-6-22-13(17-9)18-12(14)15/h2-3,6H,4-5,7H2,1H3,(H,16,19)(H4,14,15,17,18). The van der Waals surface area contributed by atoms with E-state index in [1.807, 2.05) is 23.8 Å². The number of furan rings is 1. The SMILES string of the molecule is CSCC(=O)NCCc1ccc(-c2csc(N=C(N)N)n2)o1. The minimum Gasteiger partial charge on any atom is -0.459 e. The van der Waals surface area contributed by atoms with Gasteiger partial charge in [0.25, 0.3) is 0 Å². The number of nitrogens with one attached hydrogen (secondary N) is 1. The molecule has 2 aromatic heterocycles. The number of hydrogen-bond donors (Lipinski definition) is 3. The number of amides is 1. The van der Waals surface area contributed by atoms with Gasteiger partial charge in [-0.25, -0.2) is 4.98 Å². The van der Waals surface area contributed by atoms with Gasteiger partial charge in [0.15, 0.2) is 11.7 Å². The summed E-state index contributed by atoms with van der Waals surface area (Å²) in [6.07, 6.45) is 2.52. The Kier molecular flexibility index (Phi) is 5.84. The quantitative estimate of drug-likeness (QED) is 0.517. The minimum absolute atomic E-state index is 0.0259. The molecule has 118 valence electrons. The van der Waals surface area contributed by atoms with E-state index in [1.54, 1.807) is 0 Å². The van der Waals surface area contributed by atoms with Crippen molar-refractivity contribution in [3.8, 4) is 11.5 Å². The van der Waals surface area contributed by atoms with Crippen molar-refractivity contribution in [2.75, 3.05) is 18.6 Å². The number of aliphatic imine (C=N–C) groups is 1. The minimum atomic E-state index is -0.0259. The second kappa shape index (κ2) is 7.85. The number of thiazole rings is 1. The van der Waals surface area contributed by atoms with E-state index in [2.05, 4.69) is 15.3 Å². The van der Waals surface area contributed by atoms with Gasteiger partial charge in [-0.2, -0.15) is 16.8 Å². The summed E-state index contributed by atoms with van der Waals surface area (Å²) in [5, 5.41) is 5.14.